The predicted octanol–water partition coefficient (Wildman–Crippen LogP) is 4.36. The van der Waals surface area contributed by atoms with E-state index in [2.05, 4.69) is 24.5 Å². The maximum Gasteiger partial charge on any atom is 0.321 e. The van der Waals surface area contributed by atoms with Crippen molar-refractivity contribution >= 4 is 11.7 Å². The number of rotatable bonds is 7. The summed E-state index contributed by atoms with van der Waals surface area (Å²) in [5.74, 6) is 0.748. The average molecular weight is 312 g/mol. The molecule has 2 aromatic rings. The molecule has 0 aromatic heterocycles. The highest BCUT2D eigenvalue weighted by Gasteiger charge is 2.01. The summed E-state index contributed by atoms with van der Waals surface area (Å²) >= 11 is 0. The summed E-state index contributed by atoms with van der Waals surface area (Å²) in [4.78, 5) is 11.8. The summed E-state index contributed by atoms with van der Waals surface area (Å²) in [5, 5.41) is 5.45. The number of hydrogen-bond donors (Lipinski definition) is 2. The summed E-state index contributed by atoms with van der Waals surface area (Å²) in [6.07, 6.45) is 3.18. The second-order valence-electron chi connectivity index (χ2n) is 5.36. The van der Waals surface area contributed by atoms with Gasteiger partial charge in [-0.15, -0.1) is 0 Å². The minimum Gasteiger partial charge on any atom is -0.473 e. The lowest BCUT2D eigenvalue weighted by Gasteiger charge is -2.10. The van der Waals surface area contributed by atoms with E-state index in [4.69, 9.17) is 4.74 Å². The average Bonchev–Trinajstić information content (AvgIpc) is 2.57. The lowest BCUT2D eigenvalue weighted by molar-refractivity contribution is 0.234. The fraction of sp³-hybridized carbons (Fsp3) is 0.316. The number of carbonyl (C=O) groups is 1. The van der Waals surface area contributed by atoms with E-state index in [1.54, 1.807) is 0 Å². The SMILES string of the molecule is CCCc1ccc(OCNC(=O)Nc2ccc(CC)cc2)cc1. The minimum atomic E-state index is -0.281. The second kappa shape index (κ2) is 8.83. The van der Waals surface area contributed by atoms with Crippen LogP contribution < -0.4 is 15.4 Å². The van der Waals surface area contributed by atoms with Crippen LogP contribution in [-0.2, 0) is 12.8 Å². The summed E-state index contributed by atoms with van der Waals surface area (Å²) < 4.78 is 5.51. The van der Waals surface area contributed by atoms with E-state index in [-0.39, 0.29) is 12.8 Å². The Hall–Kier alpha value is -2.49. The van der Waals surface area contributed by atoms with Gasteiger partial charge in [-0.05, 0) is 48.2 Å². The van der Waals surface area contributed by atoms with E-state index < -0.39 is 0 Å². The molecule has 0 aliphatic heterocycles. The Morgan fingerprint density at radius 3 is 2.22 bits per heavy atom. The molecule has 2 N–H and O–H groups in total. The number of nitrogens with one attached hydrogen (secondary N) is 2. The van der Waals surface area contributed by atoms with Gasteiger partial charge in [-0.1, -0.05) is 44.5 Å². The van der Waals surface area contributed by atoms with Gasteiger partial charge in [-0.3, -0.25) is 0 Å². The smallest absolute Gasteiger partial charge is 0.321 e. The molecule has 0 saturated heterocycles. The molecule has 0 saturated carbocycles. The van der Waals surface area contributed by atoms with Crippen molar-refractivity contribution in [3.63, 3.8) is 0 Å². The number of benzene rings is 2. The first-order valence-corrected chi connectivity index (χ1v) is 8.06. The number of aryl methyl sites for hydroxylation is 2. The van der Waals surface area contributed by atoms with Crippen LogP contribution in [0.5, 0.6) is 5.75 Å². The fourth-order valence-electron chi connectivity index (χ4n) is 2.23. The minimum absolute atomic E-state index is 0.131. The predicted molar refractivity (Wildman–Crippen MR) is 93.9 cm³/mol. The highest BCUT2D eigenvalue weighted by molar-refractivity contribution is 5.89. The van der Waals surface area contributed by atoms with Crippen LogP contribution in [0.3, 0.4) is 0 Å². The first kappa shape index (κ1) is 16.9. The number of anilines is 1. The Labute approximate surface area is 137 Å². The molecule has 0 atom stereocenters. The maximum atomic E-state index is 11.8. The van der Waals surface area contributed by atoms with Crippen molar-refractivity contribution in [2.24, 2.45) is 0 Å². The molecule has 0 bridgehead atoms. The van der Waals surface area contributed by atoms with Crippen LogP contribution >= 0.6 is 0 Å². The molecule has 2 rings (SSSR count). The molecule has 0 aliphatic carbocycles. The molecule has 2 aromatic carbocycles. The van der Waals surface area contributed by atoms with E-state index in [0.29, 0.717) is 0 Å². The molecule has 0 fully saturated rings. The van der Waals surface area contributed by atoms with Crippen molar-refractivity contribution < 1.29 is 9.53 Å². The largest absolute Gasteiger partial charge is 0.473 e. The molecule has 0 unspecified atom stereocenters. The van der Waals surface area contributed by atoms with Crippen molar-refractivity contribution in [2.75, 3.05) is 12.0 Å². The molecule has 0 aliphatic rings. The Bertz CT molecular complexity index is 606. The Kier molecular flexibility index (Phi) is 6.48. The van der Waals surface area contributed by atoms with Crippen molar-refractivity contribution in [1.82, 2.24) is 5.32 Å². The van der Waals surface area contributed by atoms with Crippen LogP contribution in [0.2, 0.25) is 0 Å². The zero-order valence-corrected chi connectivity index (χ0v) is 13.8. The summed E-state index contributed by atoms with van der Waals surface area (Å²) in [6, 6.07) is 15.5. The van der Waals surface area contributed by atoms with Gasteiger partial charge < -0.3 is 15.4 Å². The van der Waals surface area contributed by atoms with Gasteiger partial charge in [0.2, 0.25) is 0 Å². The zero-order chi connectivity index (χ0) is 16.5. The van der Waals surface area contributed by atoms with Crippen molar-refractivity contribution in [3.05, 3.63) is 59.7 Å². The normalized spacial score (nSPS) is 10.2. The number of amides is 2. The second-order valence-corrected chi connectivity index (χ2v) is 5.36. The van der Waals surface area contributed by atoms with E-state index in [0.717, 1.165) is 30.7 Å². The van der Waals surface area contributed by atoms with Gasteiger partial charge in [0.15, 0.2) is 6.73 Å². The fourth-order valence-corrected chi connectivity index (χ4v) is 2.23. The third-order valence-corrected chi connectivity index (χ3v) is 3.55. The van der Waals surface area contributed by atoms with Crippen LogP contribution in [0.1, 0.15) is 31.4 Å². The third-order valence-electron chi connectivity index (χ3n) is 3.55. The lowest BCUT2D eigenvalue weighted by Crippen LogP contribution is -2.31. The zero-order valence-electron chi connectivity index (χ0n) is 13.8. The van der Waals surface area contributed by atoms with Crippen molar-refractivity contribution in [2.45, 2.75) is 33.1 Å². The molecule has 4 nitrogen and oxygen atoms in total. The first-order valence-electron chi connectivity index (χ1n) is 8.06. The summed E-state index contributed by atoms with van der Waals surface area (Å²) in [6.45, 7) is 4.38. The van der Waals surface area contributed by atoms with Crippen LogP contribution in [-0.4, -0.2) is 12.8 Å². The molecule has 0 spiro atoms. The first-order chi connectivity index (χ1) is 11.2. The summed E-state index contributed by atoms with van der Waals surface area (Å²) in [5.41, 5.74) is 3.30. The van der Waals surface area contributed by atoms with E-state index >= 15 is 0 Å². The molecular weight excluding hydrogens is 288 g/mol. The molecule has 4 heteroatoms. The number of hydrogen-bond acceptors (Lipinski definition) is 2. The van der Waals surface area contributed by atoms with Crippen LogP contribution in [0.4, 0.5) is 10.5 Å². The third kappa shape index (κ3) is 5.66. The van der Waals surface area contributed by atoms with Crippen LogP contribution in [0, 0.1) is 0 Å². The van der Waals surface area contributed by atoms with Gasteiger partial charge in [-0.25, -0.2) is 4.79 Å². The Balaban J connectivity index is 1.73. The monoisotopic (exact) mass is 312 g/mol. The van der Waals surface area contributed by atoms with Crippen molar-refractivity contribution in [1.29, 1.82) is 0 Å². The van der Waals surface area contributed by atoms with Gasteiger partial charge in [0.1, 0.15) is 5.75 Å². The van der Waals surface area contributed by atoms with Gasteiger partial charge in [-0.2, -0.15) is 0 Å². The van der Waals surface area contributed by atoms with Crippen LogP contribution in [0.15, 0.2) is 48.5 Å². The number of urea groups is 1. The van der Waals surface area contributed by atoms with Crippen molar-refractivity contribution in [3.8, 4) is 5.75 Å². The van der Waals surface area contributed by atoms with Crippen LogP contribution in [0.25, 0.3) is 0 Å². The van der Waals surface area contributed by atoms with Gasteiger partial charge in [0, 0.05) is 5.69 Å². The molecule has 23 heavy (non-hydrogen) atoms. The Morgan fingerprint density at radius 1 is 0.957 bits per heavy atom. The topological polar surface area (TPSA) is 50.4 Å². The molecular formula is C19H24N2O2. The summed E-state index contributed by atoms with van der Waals surface area (Å²) in [7, 11) is 0. The highest BCUT2D eigenvalue weighted by atomic mass is 16.5. The highest BCUT2D eigenvalue weighted by Crippen LogP contribution is 2.13. The molecule has 0 heterocycles. The van der Waals surface area contributed by atoms with Gasteiger partial charge in [0.25, 0.3) is 0 Å². The van der Waals surface area contributed by atoms with Gasteiger partial charge in [0.05, 0.1) is 0 Å². The lowest BCUT2D eigenvalue weighted by atomic mass is 10.1. The molecule has 0 radical (unpaired) electrons. The molecule has 2 amide bonds. The number of carbonyl (C=O) groups excluding carboxylic acids is 1. The quantitative estimate of drug-likeness (QED) is 0.746. The number of ether oxygens (including phenoxy) is 1. The van der Waals surface area contributed by atoms with E-state index in [1.807, 2.05) is 48.5 Å². The standard InChI is InChI=1S/C19H24N2O2/c1-3-5-16-8-12-18(13-9-16)23-14-20-19(22)21-17-10-6-15(4-2)7-11-17/h6-13H,3-5,14H2,1-2H3,(H2,20,21,22). The van der Waals surface area contributed by atoms with E-state index in [9.17, 15) is 4.79 Å². The molecule has 122 valence electrons. The Morgan fingerprint density at radius 2 is 1.61 bits per heavy atom. The van der Waals surface area contributed by atoms with Gasteiger partial charge >= 0.3 is 6.03 Å². The maximum absolute atomic E-state index is 11.8. The van der Waals surface area contributed by atoms with E-state index in [1.165, 1.54) is 11.1 Å².